The normalized spacial score (nSPS) is 23.1. The molecular weight excluding hydrogens is 284 g/mol. The summed E-state index contributed by atoms with van der Waals surface area (Å²) in [4.78, 5) is 0.371. The highest BCUT2D eigenvalue weighted by Gasteiger charge is 2.28. The van der Waals surface area contributed by atoms with Gasteiger partial charge in [0.1, 0.15) is 0 Å². The summed E-state index contributed by atoms with van der Waals surface area (Å²) in [6.45, 7) is 2.81. The van der Waals surface area contributed by atoms with E-state index in [0.717, 1.165) is 31.2 Å². The van der Waals surface area contributed by atoms with Crippen LogP contribution in [0.4, 0.5) is 0 Å². The predicted molar refractivity (Wildman–Crippen MR) is 85.6 cm³/mol. The highest BCUT2D eigenvalue weighted by molar-refractivity contribution is 7.89. The molecule has 21 heavy (non-hydrogen) atoms. The second-order valence-corrected chi connectivity index (χ2v) is 7.57. The van der Waals surface area contributed by atoms with Crippen molar-refractivity contribution in [3.05, 3.63) is 29.8 Å². The Morgan fingerprint density at radius 1 is 1.24 bits per heavy atom. The first kappa shape index (κ1) is 16.5. The Labute approximate surface area is 128 Å². The van der Waals surface area contributed by atoms with E-state index in [4.69, 9.17) is 0 Å². The van der Waals surface area contributed by atoms with Crippen LogP contribution < -0.4 is 10.0 Å². The molecule has 0 amide bonds. The average Bonchev–Trinajstić information content (AvgIpc) is 2.48. The van der Waals surface area contributed by atoms with E-state index in [1.54, 1.807) is 18.2 Å². The third-order valence-electron chi connectivity index (χ3n) is 4.33. The topological polar surface area (TPSA) is 58.2 Å². The van der Waals surface area contributed by atoms with Gasteiger partial charge >= 0.3 is 0 Å². The number of sulfonamides is 1. The number of hydrogen-bond donors (Lipinski definition) is 2. The van der Waals surface area contributed by atoms with Crippen molar-refractivity contribution in [1.82, 2.24) is 10.0 Å². The molecule has 0 bridgehead atoms. The molecule has 1 aliphatic carbocycles. The van der Waals surface area contributed by atoms with Crippen LogP contribution in [0.15, 0.2) is 29.2 Å². The zero-order valence-electron chi connectivity index (χ0n) is 12.9. The highest BCUT2D eigenvalue weighted by Crippen LogP contribution is 2.28. The van der Waals surface area contributed by atoms with E-state index in [1.165, 1.54) is 6.42 Å². The van der Waals surface area contributed by atoms with Crippen LogP contribution in [0.1, 0.15) is 44.6 Å². The molecule has 118 valence electrons. The number of rotatable bonds is 6. The van der Waals surface area contributed by atoms with E-state index in [1.807, 2.05) is 13.1 Å². The zero-order chi connectivity index (χ0) is 15.3. The second-order valence-electron chi connectivity index (χ2n) is 5.86. The molecule has 4 nitrogen and oxygen atoms in total. The third kappa shape index (κ3) is 4.28. The lowest BCUT2D eigenvalue weighted by Gasteiger charge is -2.31. The molecule has 0 aromatic heterocycles. The van der Waals surface area contributed by atoms with E-state index >= 15 is 0 Å². The van der Waals surface area contributed by atoms with Crippen LogP contribution in [0.3, 0.4) is 0 Å². The minimum atomic E-state index is -3.42. The SMILES string of the molecule is CCC1CCCCC1NS(=O)(=O)c1cccc(CNC)c1. The third-order valence-corrected chi connectivity index (χ3v) is 5.82. The number of benzene rings is 1. The molecule has 2 atom stereocenters. The Morgan fingerprint density at radius 3 is 2.71 bits per heavy atom. The quantitative estimate of drug-likeness (QED) is 0.849. The van der Waals surface area contributed by atoms with Crippen molar-refractivity contribution >= 4 is 10.0 Å². The summed E-state index contributed by atoms with van der Waals surface area (Å²) in [5, 5.41) is 3.04. The summed E-state index contributed by atoms with van der Waals surface area (Å²) in [5.41, 5.74) is 0.982. The monoisotopic (exact) mass is 310 g/mol. The van der Waals surface area contributed by atoms with Crippen molar-refractivity contribution in [2.75, 3.05) is 7.05 Å². The summed E-state index contributed by atoms with van der Waals surface area (Å²) in [6.07, 6.45) is 5.45. The molecule has 0 heterocycles. The Bertz CT molecular complexity index is 557. The maximum absolute atomic E-state index is 12.6. The van der Waals surface area contributed by atoms with E-state index in [2.05, 4.69) is 17.0 Å². The summed E-state index contributed by atoms with van der Waals surface area (Å²) in [7, 11) is -1.57. The predicted octanol–water partition coefficient (Wildman–Crippen LogP) is 2.65. The summed E-state index contributed by atoms with van der Waals surface area (Å²) >= 11 is 0. The van der Waals surface area contributed by atoms with Crippen molar-refractivity contribution < 1.29 is 8.42 Å². The first-order valence-electron chi connectivity index (χ1n) is 7.82. The fourth-order valence-electron chi connectivity index (χ4n) is 3.15. The van der Waals surface area contributed by atoms with Crippen molar-refractivity contribution in [1.29, 1.82) is 0 Å². The van der Waals surface area contributed by atoms with Crippen molar-refractivity contribution in [3.8, 4) is 0 Å². The minimum absolute atomic E-state index is 0.0849. The zero-order valence-corrected chi connectivity index (χ0v) is 13.7. The van der Waals surface area contributed by atoms with Gasteiger partial charge in [0, 0.05) is 12.6 Å². The van der Waals surface area contributed by atoms with E-state index in [0.29, 0.717) is 17.4 Å². The first-order chi connectivity index (χ1) is 10.1. The largest absolute Gasteiger partial charge is 0.316 e. The molecule has 1 aromatic carbocycles. The summed E-state index contributed by atoms with van der Waals surface area (Å²) in [5.74, 6) is 0.467. The number of hydrogen-bond acceptors (Lipinski definition) is 3. The van der Waals surface area contributed by atoms with Gasteiger partial charge in [-0.2, -0.15) is 0 Å². The molecule has 1 fully saturated rings. The molecule has 1 aromatic rings. The van der Waals surface area contributed by atoms with Crippen LogP contribution in [-0.2, 0) is 16.6 Å². The Hall–Kier alpha value is -0.910. The maximum Gasteiger partial charge on any atom is 0.240 e. The van der Waals surface area contributed by atoms with E-state index < -0.39 is 10.0 Å². The van der Waals surface area contributed by atoms with Gasteiger partial charge in [0.05, 0.1) is 4.90 Å². The molecule has 2 unspecified atom stereocenters. The van der Waals surface area contributed by atoms with Gasteiger partial charge in [-0.3, -0.25) is 0 Å². The van der Waals surface area contributed by atoms with Crippen LogP contribution in [0.25, 0.3) is 0 Å². The average molecular weight is 310 g/mol. The Morgan fingerprint density at radius 2 is 2.00 bits per heavy atom. The van der Waals surface area contributed by atoms with Crippen LogP contribution in [0, 0.1) is 5.92 Å². The van der Waals surface area contributed by atoms with Gasteiger partial charge in [-0.15, -0.1) is 0 Å². The molecule has 1 saturated carbocycles. The first-order valence-corrected chi connectivity index (χ1v) is 9.31. The molecule has 2 rings (SSSR count). The second kappa shape index (κ2) is 7.38. The smallest absolute Gasteiger partial charge is 0.240 e. The summed E-state index contributed by atoms with van der Waals surface area (Å²) in [6, 6.07) is 7.25. The van der Waals surface area contributed by atoms with Gasteiger partial charge in [-0.25, -0.2) is 13.1 Å². The molecule has 0 radical (unpaired) electrons. The molecule has 0 saturated heterocycles. The van der Waals surface area contributed by atoms with Gasteiger partial charge in [-0.1, -0.05) is 38.3 Å². The maximum atomic E-state index is 12.6. The lowest BCUT2D eigenvalue weighted by molar-refractivity contribution is 0.282. The number of nitrogens with one attached hydrogen (secondary N) is 2. The minimum Gasteiger partial charge on any atom is -0.316 e. The molecule has 0 aliphatic heterocycles. The van der Waals surface area contributed by atoms with Crippen molar-refractivity contribution in [2.45, 2.75) is 56.5 Å². The van der Waals surface area contributed by atoms with Gasteiger partial charge in [0.15, 0.2) is 0 Å². The lowest BCUT2D eigenvalue weighted by Crippen LogP contribution is -2.41. The van der Waals surface area contributed by atoms with Crippen molar-refractivity contribution in [3.63, 3.8) is 0 Å². The fourth-order valence-corrected chi connectivity index (χ4v) is 4.55. The Balaban J connectivity index is 2.15. The van der Waals surface area contributed by atoms with Gasteiger partial charge < -0.3 is 5.32 Å². The molecule has 0 spiro atoms. The molecule has 2 N–H and O–H groups in total. The molecule has 5 heteroatoms. The molecule has 1 aliphatic rings. The molecular formula is C16H26N2O2S. The fraction of sp³-hybridized carbons (Fsp3) is 0.625. The van der Waals surface area contributed by atoms with E-state index in [-0.39, 0.29) is 6.04 Å². The van der Waals surface area contributed by atoms with Crippen LogP contribution in [-0.4, -0.2) is 21.5 Å². The van der Waals surface area contributed by atoms with Crippen molar-refractivity contribution in [2.24, 2.45) is 5.92 Å². The highest BCUT2D eigenvalue weighted by atomic mass is 32.2. The summed E-state index contributed by atoms with van der Waals surface area (Å²) < 4.78 is 28.1. The Kier molecular flexibility index (Phi) is 5.79. The van der Waals surface area contributed by atoms with Gasteiger partial charge in [-0.05, 0) is 43.5 Å². The van der Waals surface area contributed by atoms with Crippen LogP contribution in [0.5, 0.6) is 0 Å². The van der Waals surface area contributed by atoms with E-state index in [9.17, 15) is 8.42 Å². The lowest BCUT2D eigenvalue weighted by atomic mass is 9.83. The van der Waals surface area contributed by atoms with Crippen LogP contribution in [0.2, 0.25) is 0 Å². The van der Waals surface area contributed by atoms with Gasteiger partial charge in [0.25, 0.3) is 0 Å². The van der Waals surface area contributed by atoms with Gasteiger partial charge in [0.2, 0.25) is 10.0 Å². The standard InChI is InChI=1S/C16H26N2O2S/c1-3-14-8-4-5-10-16(14)18-21(19,20)15-9-6-7-13(11-15)12-17-2/h6-7,9,11,14,16-18H,3-5,8,10,12H2,1-2H3. The van der Waals surface area contributed by atoms with Crippen LogP contribution >= 0.6 is 0 Å².